The molecule has 1 aliphatic heterocycles. The standard InChI is InChI=1S/C49H84O12S/c1-3-5-7-9-11-13-15-16-17-18-19-20-21-22-23-24-25-26-27-29-31-33-35-37-39-57-41-43(59-45(51)38-36-34-32-30-28-14-12-10-8-6-4-2)42-58-49-47(53)48(61-62(54,55)56)46(52)44(40-50)60-49/h5,7,11,13,16-17,19-20,22-23,25-26,43-44,46-50,52-53H,3-4,6,8-10,12,14-15,18,21,24,27-42H2,1-2H3,(H,54,55,56)/b7-5-,13-11-,17-16-,20-19-,23-22-,26-25-. The lowest BCUT2D eigenvalue weighted by Gasteiger charge is -2.41. The van der Waals surface area contributed by atoms with E-state index in [0.717, 1.165) is 96.3 Å². The van der Waals surface area contributed by atoms with Crippen molar-refractivity contribution in [2.75, 3.05) is 26.4 Å². The van der Waals surface area contributed by atoms with Crippen LogP contribution in [0.1, 0.15) is 168 Å². The molecule has 13 heteroatoms. The Morgan fingerprint density at radius 2 is 1.11 bits per heavy atom. The Morgan fingerprint density at radius 3 is 1.63 bits per heavy atom. The van der Waals surface area contributed by atoms with Gasteiger partial charge in [-0.15, -0.1) is 0 Å². The maximum Gasteiger partial charge on any atom is 0.397 e. The number of hydrogen-bond acceptors (Lipinski definition) is 11. The van der Waals surface area contributed by atoms with E-state index < -0.39 is 59.8 Å². The van der Waals surface area contributed by atoms with Crippen molar-refractivity contribution in [2.45, 2.75) is 205 Å². The molecular formula is C49H84O12S. The molecule has 0 aromatic heterocycles. The average Bonchev–Trinajstić information content (AvgIpc) is 3.24. The number of esters is 1. The molecule has 1 heterocycles. The Balaban J connectivity index is 2.38. The topological polar surface area (TPSA) is 178 Å². The normalized spacial score (nSPS) is 20.6. The van der Waals surface area contributed by atoms with E-state index in [2.05, 4.69) is 90.9 Å². The van der Waals surface area contributed by atoms with E-state index in [9.17, 15) is 28.5 Å². The van der Waals surface area contributed by atoms with Crippen molar-refractivity contribution >= 4 is 16.4 Å². The van der Waals surface area contributed by atoms with Crippen LogP contribution in [0.5, 0.6) is 0 Å². The highest BCUT2D eigenvalue weighted by Gasteiger charge is 2.48. The van der Waals surface area contributed by atoms with Crippen LogP contribution in [-0.4, -0.2) is 97.5 Å². The highest BCUT2D eigenvalue weighted by atomic mass is 32.3. The summed E-state index contributed by atoms with van der Waals surface area (Å²) >= 11 is 0. The molecule has 358 valence electrons. The first-order valence-corrected chi connectivity index (χ1v) is 25.1. The molecule has 1 rings (SSSR count). The molecule has 0 aromatic carbocycles. The van der Waals surface area contributed by atoms with Gasteiger partial charge in [-0.05, 0) is 64.2 Å². The first kappa shape index (κ1) is 57.6. The zero-order valence-electron chi connectivity index (χ0n) is 38.2. The molecule has 4 N–H and O–H groups in total. The molecule has 0 aromatic rings. The number of ether oxygens (including phenoxy) is 4. The van der Waals surface area contributed by atoms with Gasteiger partial charge in [-0.3, -0.25) is 9.35 Å². The van der Waals surface area contributed by atoms with Gasteiger partial charge in [0, 0.05) is 13.0 Å². The summed E-state index contributed by atoms with van der Waals surface area (Å²) in [7, 11) is -5.07. The van der Waals surface area contributed by atoms with Crippen LogP contribution in [0, 0.1) is 0 Å². The molecule has 1 fully saturated rings. The predicted octanol–water partition coefficient (Wildman–Crippen LogP) is 10.3. The number of carbonyl (C=O) groups is 1. The zero-order valence-corrected chi connectivity index (χ0v) is 39.0. The quantitative estimate of drug-likeness (QED) is 0.0198. The summed E-state index contributed by atoms with van der Waals surface area (Å²) < 4.78 is 59.0. The van der Waals surface area contributed by atoms with Gasteiger partial charge in [0.1, 0.15) is 30.5 Å². The third-order valence-corrected chi connectivity index (χ3v) is 10.8. The van der Waals surface area contributed by atoms with Gasteiger partial charge in [0.25, 0.3) is 0 Å². The molecule has 0 spiro atoms. The third-order valence-electron chi connectivity index (χ3n) is 10.3. The van der Waals surface area contributed by atoms with Gasteiger partial charge in [-0.1, -0.05) is 170 Å². The fourth-order valence-corrected chi connectivity index (χ4v) is 7.30. The van der Waals surface area contributed by atoms with E-state index >= 15 is 0 Å². The first-order chi connectivity index (χ1) is 30.1. The van der Waals surface area contributed by atoms with Crippen molar-refractivity contribution in [1.82, 2.24) is 0 Å². The number of unbranched alkanes of at least 4 members (excludes halogenated alkanes) is 15. The maximum absolute atomic E-state index is 12.8. The van der Waals surface area contributed by atoms with Crippen LogP contribution in [0.3, 0.4) is 0 Å². The average molecular weight is 897 g/mol. The lowest BCUT2D eigenvalue weighted by molar-refractivity contribution is -0.301. The second-order valence-electron chi connectivity index (χ2n) is 16.0. The van der Waals surface area contributed by atoms with E-state index in [0.29, 0.717) is 13.0 Å². The van der Waals surface area contributed by atoms with E-state index in [1.54, 1.807) is 0 Å². The van der Waals surface area contributed by atoms with Gasteiger partial charge in [-0.25, -0.2) is 4.18 Å². The van der Waals surface area contributed by atoms with Crippen molar-refractivity contribution in [1.29, 1.82) is 0 Å². The number of carbonyl (C=O) groups excluding carboxylic acids is 1. The minimum atomic E-state index is -5.07. The van der Waals surface area contributed by atoms with Gasteiger partial charge < -0.3 is 34.3 Å². The number of hydrogen-bond donors (Lipinski definition) is 4. The molecule has 0 saturated carbocycles. The largest absolute Gasteiger partial charge is 0.457 e. The van der Waals surface area contributed by atoms with Crippen LogP contribution in [0.2, 0.25) is 0 Å². The molecule has 0 aliphatic carbocycles. The summed E-state index contributed by atoms with van der Waals surface area (Å²) in [5.74, 6) is -0.411. The maximum atomic E-state index is 12.8. The second-order valence-corrected chi connectivity index (χ2v) is 17.0. The summed E-state index contributed by atoms with van der Waals surface area (Å²) in [4.78, 5) is 12.8. The number of allylic oxidation sites excluding steroid dienone is 12. The number of aliphatic hydroxyl groups excluding tert-OH is 3. The van der Waals surface area contributed by atoms with Crippen LogP contribution in [0.25, 0.3) is 0 Å². The highest BCUT2D eigenvalue weighted by molar-refractivity contribution is 7.80. The Labute approximate surface area is 375 Å². The van der Waals surface area contributed by atoms with Gasteiger partial charge in [0.15, 0.2) is 6.29 Å². The Bertz CT molecular complexity index is 1360. The number of aliphatic hydroxyl groups is 3. The van der Waals surface area contributed by atoms with E-state index in [1.165, 1.54) is 44.9 Å². The van der Waals surface area contributed by atoms with Gasteiger partial charge in [0.05, 0.1) is 19.8 Å². The van der Waals surface area contributed by atoms with Crippen LogP contribution in [0.15, 0.2) is 72.9 Å². The van der Waals surface area contributed by atoms with E-state index in [1.807, 2.05) is 0 Å². The Morgan fingerprint density at radius 1 is 0.629 bits per heavy atom. The van der Waals surface area contributed by atoms with Gasteiger partial charge >= 0.3 is 16.4 Å². The summed E-state index contributed by atoms with van der Waals surface area (Å²) in [6.45, 7) is 3.80. The molecule has 12 nitrogen and oxygen atoms in total. The molecule has 0 bridgehead atoms. The fraction of sp³-hybridized carbons (Fsp3) is 0.735. The number of rotatable bonds is 40. The van der Waals surface area contributed by atoms with Crippen LogP contribution >= 0.6 is 0 Å². The summed E-state index contributed by atoms with van der Waals surface area (Å²) in [6.07, 6.45) is 42.2. The van der Waals surface area contributed by atoms with Crippen molar-refractivity contribution in [3.05, 3.63) is 72.9 Å². The molecule has 1 saturated heterocycles. The Kier molecular flexibility index (Phi) is 37.2. The lowest BCUT2D eigenvalue weighted by Crippen LogP contribution is -2.60. The van der Waals surface area contributed by atoms with Crippen molar-refractivity contribution < 1.29 is 56.2 Å². The second kappa shape index (κ2) is 40.1. The monoisotopic (exact) mass is 897 g/mol. The molecular weight excluding hydrogens is 813 g/mol. The van der Waals surface area contributed by atoms with Gasteiger partial charge in [0.2, 0.25) is 0 Å². The molecule has 6 atom stereocenters. The van der Waals surface area contributed by atoms with E-state index in [4.69, 9.17) is 23.5 Å². The molecule has 6 unspecified atom stereocenters. The lowest BCUT2D eigenvalue weighted by atomic mass is 9.99. The minimum Gasteiger partial charge on any atom is -0.457 e. The minimum absolute atomic E-state index is 0.0203. The molecule has 0 amide bonds. The van der Waals surface area contributed by atoms with Crippen LogP contribution in [-0.2, 0) is 38.3 Å². The van der Waals surface area contributed by atoms with Crippen molar-refractivity contribution in [3.8, 4) is 0 Å². The van der Waals surface area contributed by atoms with E-state index in [-0.39, 0.29) is 19.6 Å². The highest BCUT2D eigenvalue weighted by Crippen LogP contribution is 2.26. The zero-order chi connectivity index (χ0) is 45.4. The summed E-state index contributed by atoms with van der Waals surface area (Å²) in [5, 5.41) is 30.7. The Hall–Kier alpha value is -2.46. The molecule has 0 radical (unpaired) electrons. The fourth-order valence-electron chi connectivity index (χ4n) is 6.79. The van der Waals surface area contributed by atoms with Crippen molar-refractivity contribution in [3.63, 3.8) is 0 Å². The molecule has 62 heavy (non-hydrogen) atoms. The smallest absolute Gasteiger partial charge is 0.397 e. The van der Waals surface area contributed by atoms with Crippen molar-refractivity contribution in [2.24, 2.45) is 0 Å². The van der Waals surface area contributed by atoms with Crippen LogP contribution in [0.4, 0.5) is 0 Å². The van der Waals surface area contributed by atoms with Crippen LogP contribution < -0.4 is 0 Å². The SMILES string of the molecule is CC/C=C\C/C=C\C/C=C\C/C=C\C/C=C\C/C=C\CCCCCCCOCC(COC1OC(CO)C(O)C(OS(=O)(=O)O)C1O)OC(=O)CCCCCCCCCCCCC. The predicted molar refractivity (Wildman–Crippen MR) is 248 cm³/mol. The summed E-state index contributed by atoms with van der Waals surface area (Å²) in [5.41, 5.74) is 0. The van der Waals surface area contributed by atoms with Gasteiger partial charge in [-0.2, -0.15) is 8.42 Å². The summed E-state index contributed by atoms with van der Waals surface area (Å²) in [6, 6.07) is 0. The third kappa shape index (κ3) is 33.1. The first-order valence-electron chi connectivity index (χ1n) is 23.7. The molecule has 1 aliphatic rings.